The number of hydrogen-bond acceptors (Lipinski definition) is 3. The third-order valence-corrected chi connectivity index (χ3v) is 4.14. The van der Waals surface area contributed by atoms with Crippen LogP contribution in [0, 0.1) is 0 Å². The maximum absolute atomic E-state index is 5.86. The average Bonchev–Trinajstić information content (AvgIpc) is 2.72. The highest BCUT2D eigenvalue weighted by atomic mass is 31.2. The van der Waals surface area contributed by atoms with Crippen molar-refractivity contribution in [2.45, 2.75) is 38.2 Å². The molecule has 0 amide bonds. The Balaban J connectivity index is 1.59. The van der Waals surface area contributed by atoms with Crippen LogP contribution in [0.15, 0.2) is 24.3 Å². The van der Waals surface area contributed by atoms with Crippen LogP contribution in [0.5, 0.6) is 11.5 Å². The lowest BCUT2D eigenvalue weighted by Gasteiger charge is -2.22. The van der Waals surface area contributed by atoms with E-state index < -0.39 is 8.60 Å². The Morgan fingerprint density at radius 2 is 1.62 bits per heavy atom. The summed E-state index contributed by atoms with van der Waals surface area (Å²) in [7, 11) is -1.19. The molecule has 1 aromatic rings. The highest BCUT2D eigenvalue weighted by molar-refractivity contribution is 7.43. The van der Waals surface area contributed by atoms with Gasteiger partial charge >= 0.3 is 8.60 Å². The molecular formula is C12H15O3P. The molecule has 0 bridgehead atoms. The first-order valence-electron chi connectivity index (χ1n) is 5.84. The van der Waals surface area contributed by atoms with E-state index >= 15 is 0 Å². The molecule has 0 N–H and O–H groups in total. The summed E-state index contributed by atoms with van der Waals surface area (Å²) in [5.74, 6) is 1.62. The summed E-state index contributed by atoms with van der Waals surface area (Å²) in [5, 5.41) is 0. The molecule has 2 aliphatic rings. The van der Waals surface area contributed by atoms with E-state index in [2.05, 4.69) is 0 Å². The SMILES string of the molecule is c1ccc2c(c1)OP(OC1CCCCC1)O2. The zero-order valence-corrected chi connectivity index (χ0v) is 9.99. The van der Waals surface area contributed by atoms with Crippen molar-refractivity contribution in [3.05, 3.63) is 24.3 Å². The normalized spacial score (nSPS) is 21.2. The van der Waals surface area contributed by atoms with Crippen molar-refractivity contribution in [3.63, 3.8) is 0 Å². The van der Waals surface area contributed by atoms with E-state index in [4.69, 9.17) is 13.6 Å². The topological polar surface area (TPSA) is 27.7 Å². The van der Waals surface area contributed by atoms with Gasteiger partial charge in [-0.1, -0.05) is 31.4 Å². The van der Waals surface area contributed by atoms with Crippen LogP contribution < -0.4 is 9.05 Å². The Bertz CT molecular complexity index is 338. The number of hydrogen-bond donors (Lipinski definition) is 0. The monoisotopic (exact) mass is 238 g/mol. The second kappa shape index (κ2) is 4.60. The molecule has 3 rings (SSSR count). The molecular weight excluding hydrogens is 223 g/mol. The second-order valence-corrected chi connectivity index (χ2v) is 5.24. The van der Waals surface area contributed by atoms with Crippen molar-refractivity contribution in [2.75, 3.05) is 0 Å². The molecule has 16 heavy (non-hydrogen) atoms. The van der Waals surface area contributed by atoms with Crippen LogP contribution in [-0.2, 0) is 4.52 Å². The van der Waals surface area contributed by atoms with Gasteiger partial charge in [0.05, 0.1) is 6.10 Å². The highest BCUT2D eigenvalue weighted by Gasteiger charge is 2.30. The fourth-order valence-corrected chi connectivity index (χ4v) is 3.32. The van der Waals surface area contributed by atoms with E-state index in [1.165, 1.54) is 19.3 Å². The Labute approximate surface area is 96.7 Å². The average molecular weight is 238 g/mol. The molecule has 0 radical (unpaired) electrons. The fraction of sp³-hybridized carbons (Fsp3) is 0.500. The maximum Gasteiger partial charge on any atom is 0.463 e. The Kier molecular flexibility index (Phi) is 2.98. The Hall–Kier alpha value is -0.790. The highest BCUT2D eigenvalue weighted by Crippen LogP contribution is 2.53. The standard InChI is InChI=1S/C12H15O3P/c1-2-6-10(7-3-1)13-16-14-11-8-4-5-9-12(11)15-16/h4-5,8-10H,1-3,6-7H2. The van der Waals surface area contributed by atoms with Crippen LogP contribution in [0.1, 0.15) is 32.1 Å². The van der Waals surface area contributed by atoms with Crippen molar-refractivity contribution in [3.8, 4) is 11.5 Å². The minimum atomic E-state index is -1.19. The van der Waals surface area contributed by atoms with Gasteiger partial charge in [0.2, 0.25) is 0 Å². The van der Waals surface area contributed by atoms with Crippen LogP contribution in [0.3, 0.4) is 0 Å². The van der Waals surface area contributed by atoms with Crippen molar-refractivity contribution < 1.29 is 13.6 Å². The molecule has 1 heterocycles. The fourth-order valence-electron chi connectivity index (χ4n) is 2.12. The third kappa shape index (κ3) is 2.16. The van der Waals surface area contributed by atoms with Gasteiger partial charge in [-0.05, 0) is 25.0 Å². The van der Waals surface area contributed by atoms with Crippen molar-refractivity contribution in [1.82, 2.24) is 0 Å². The molecule has 0 unspecified atom stereocenters. The minimum Gasteiger partial charge on any atom is -0.414 e. The zero-order chi connectivity index (χ0) is 10.8. The first kappa shape index (κ1) is 10.4. The predicted molar refractivity (Wildman–Crippen MR) is 62.6 cm³/mol. The van der Waals surface area contributed by atoms with Crippen molar-refractivity contribution >= 4 is 8.60 Å². The summed E-state index contributed by atoms with van der Waals surface area (Å²) < 4.78 is 17.1. The molecule has 4 heteroatoms. The van der Waals surface area contributed by atoms with Crippen molar-refractivity contribution in [1.29, 1.82) is 0 Å². The van der Waals surface area contributed by atoms with E-state index in [0.717, 1.165) is 24.3 Å². The Morgan fingerprint density at radius 3 is 2.25 bits per heavy atom. The van der Waals surface area contributed by atoms with Gasteiger partial charge in [0.15, 0.2) is 11.5 Å². The molecule has 0 saturated heterocycles. The Morgan fingerprint density at radius 1 is 1.00 bits per heavy atom. The first-order valence-corrected chi connectivity index (χ1v) is 6.93. The van der Waals surface area contributed by atoms with Crippen LogP contribution in [0.4, 0.5) is 0 Å². The van der Waals surface area contributed by atoms with Gasteiger partial charge in [-0.25, -0.2) is 0 Å². The summed E-state index contributed by atoms with van der Waals surface area (Å²) in [6.45, 7) is 0. The number of fused-ring (bicyclic) bond motifs is 1. The molecule has 1 aliphatic heterocycles. The molecule has 0 atom stereocenters. The van der Waals surface area contributed by atoms with E-state index in [-0.39, 0.29) is 0 Å². The molecule has 0 aromatic heterocycles. The lowest BCUT2D eigenvalue weighted by atomic mass is 9.98. The number of para-hydroxylation sites is 2. The molecule has 1 saturated carbocycles. The van der Waals surface area contributed by atoms with Crippen molar-refractivity contribution in [2.24, 2.45) is 0 Å². The van der Waals surface area contributed by atoms with E-state index in [1.54, 1.807) is 0 Å². The predicted octanol–water partition coefficient (Wildman–Crippen LogP) is 4.03. The largest absolute Gasteiger partial charge is 0.463 e. The summed E-state index contributed by atoms with van der Waals surface area (Å²) in [6, 6.07) is 7.73. The van der Waals surface area contributed by atoms with Crippen LogP contribution in [0.25, 0.3) is 0 Å². The van der Waals surface area contributed by atoms with E-state index in [0.29, 0.717) is 6.10 Å². The van der Waals surface area contributed by atoms with Gasteiger partial charge in [-0.3, -0.25) is 4.52 Å². The van der Waals surface area contributed by atoms with Crippen LogP contribution in [0.2, 0.25) is 0 Å². The van der Waals surface area contributed by atoms with Gasteiger partial charge < -0.3 is 9.05 Å². The molecule has 1 fully saturated rings. The van der Waals surface area contributed by atoms with Gasteiger partial charge in [-0.2, -0.15) is 0 Å². The first-order chi connectivity index (χ1) is 7.92. The lowest BCUT2D eigenvalue weighted by molar-refractivity contribution is 0.144. The quantitative estimate of drug-likeness (QED) is 0.728. The van der Waals surface area contributed by atoms with Gasteiger partial charge in [0.1, 0.15) is 0 Å². The molecule has 86 valence electrons. The van der Waals surface area contributed by atoms with Gasteiger partial charge in [-0.15, -0.1) is 0 Å². The number of rotatable bonds is 2. The molecule has 1 aliphatic carbocycles. The van der Waals surface area contributed by atoms with Crippen LogP contribution in [-0.4, -0.2) is 6.10 Å². The maximum atomic E-state index is 5.86. The van der Waals surface area contributed by atoms with E-state index in [1.807, 2.05) is 24.3 Å². The van der Waals surface area contributed by atoms with E-state index in [9.17, 15) is 0 Å². The summed E-state index contributed by atoms with van der Waals surface area (Å²) in [6.07, 6.45) is 6.47. The molecule has 1 aromatic carbocycles. The smallest absolute Gasteiger partial charge is 0.414 e. The summed E-state index contributed by atoms with van der Waals surface area (Å²) in [4.78, 5) is 0. The summed E-state index contributed by atoms with van der Waals surface area (Å²) >= 11 is 0. The zero-order valence-electron chi connectivity index (χ0n) is 9.09. The van der Waals surface area contributed by atoms with Gasteiger partial charge in [0, 0.05) is 0 Å². The third-order valence-electron chi connectivity index (χ3n) is 2.98. The lowest BCUT2D eigenvalue weighted by Crippen LogP contribution is -2.15. The second-order valence-electron chi connectivity index (χ2n) is 4.22. The number of benzene rings is 1. The molecule has 3 nitrogen and oxygen atoms in total. The summed E-state index contributed by atoms with van der Waals surface area (Å²) in [5.41, 5.74) is 0. The minimum absolute atomic E-state index is 0.328. The van der Waals surface area contributed by atoms with Gasteiger partial charge in [0.25, 0.3) is 0 Å². The molecule has 0 spiro atoms. The van der Waals surface area contributed by atoms with Crippen LogP contribution >= 0.6 is 8.60 Å².